The molecule has 22 heavy (non-hydrogen) atoms. The standard InChI is InChI=1S/C18H36NO2.HI/c1-15(13-19(7)11-9-8-10-12-19)21-16(20)18(5,6)14-17(2,3)4;/h15H,8-14H2,1-7H3;1H/q+1;/p-1. The second-order valence-electron chi connectivity index (χ2n) is 9.15. The Bertz CT molecular complexity index is 355. The van der Waals surface area contributed by atoms with Gasteiger partial charge in [0, 0.05) is 0 Å². The number of halogens is 1. The first-order valence-corrected chi connectivity index (χ1v) is 8.48. The molecule has 0 amide bonds. The Balaban J connectivity index is 0.00000441. The zero-order valence-electron chi connectivity index (χ0n) is 15.7. The summed E-state index contributed by atoms with van der Waals surface area (Å²) in [6, 6.07) is 0. The van der Waals surface area contributed by atoms with Crippen LogP contribution in [0.4, 0.5) is 0 Å². The molecule has 0 aromatic rings. The molecule has 1 unspecified atom stereocenters. The minimum atomic E-state index is -0.410. The number of carbonyl (C=O) groups is 1. The van der Waals surface area contributed by atoms with Crippen LogP contribution in [0, 0.1) is 10.8 Å². The highest BCUT2D eigenvalue weighted by Gasteiger charge is 2.36. The summed E-state index contributed by atoms with van der Waals surface area (Å²) < 4.78 is 6.82. The molecule has 0 N–H and O–H groups in total. The maximum atomic E-state index is 12.5. The zero-order chi connectivity index (χ0) is 16.3. The maximum Gasteiger partial charge on any atom is 0.312 e. The summed E-state index contributed by atoms with van der Waals surface area (Å²) in [7, 11) is 2.30. The van der Waals surface area contributed by atoms with Crippen LogP contribution in [0.2, 0.25) is 0 Å². The van der Waals surface area contributed by atoms with Crippen molar-refractivity contribution in [2.24, 2.45) is 10.8 Å². The van der Waals surface area contributed by atoms with Crippen molar-refractivity contribution in [3.8, 4) is 0 Å². The van der Waals surface area contributed by atoms with Crippen LogP contribution in [-0.4, -0.2) is 43.2 Å². The summed E-state index contributed by atoms with van der Waals surface area (Å²) in [6.45, 7) is 15.9. The molecule has 132 valence electrons. The summed E-state index contributed by atoms with van der Waals surface area (Å²) in [4.78, 5) is 12.5. The monoisotopic (exact) mass is 425 g/mol. The van der Waals surface area contributed by atoms with Crippen molar-refractivity contribution < 1.29 is 38.0 Å². The second-order valence-corrected chi connectivity index (χ2v) is 9.15. The largest absolute Gasteiger partial charge is 1.00 e. The van der Waals surface area contributed by atoms with Crippen LogP contribution in [0.25, 0.3) is 0 Å². The summed E-state index contributed by atoms with van der Waals surface area (Å²) in [5, 5.41) is 0. The van der Waals surface area contributed by atoms with E-state index in [2.05, 4.69) is 27.8 Å². The molecule has 0 aliphatic carbocycles. The second kappa shape index (κ2) is 8.32. The molecule has 4 heteroatoms. The summed E-state index contributed by atoms with van der Waals surface area (Å²) in [6.07, 6.45) is 4.79. The highest BCUT2D eigenvalue weighted by Crippen LogP contribution is 2.34. The Hall–Kier alpha value is 0.160. The fourth-order valence-electron chi connectivity index (χ4n) is 3.86. The van der Waals surface area contributed by atoms with E-state index in [9.17, 15) is 4.79 Å². The quantitative estimate of drug-likeness (QED) is 0.374. The molecule has 3 nitrogen and oxygen atoms in total. The first kappa shape index (κ1) is 22.2. The molecule has 1 rings (SSSR count). The van der Waals surface area contributed by atoms with Gasteiger partial charge in [-0.2, -0.15) is 0 Å². The van der Waals surface area contributed by atoms with Crippen molar-refractivity contribution in [3.63, 3.8) is 0 Å². The van der Waals surface area contributed by atoms with Gasteiger partial charge in [0.2, 0.25) is 0 Å². The minimum absolute atomic E-state index is 0. The van der Waals surface area contributed by atoms with Gasteiger partial charge in [0.15, 0.2) is 0 Å². The first-order chi connectivity index (χ1) is 9.44. The summed E-state index contributed by atoms with van der Waals surface area (Å²) >= 11 is 0. The molecule has 1 saturated heterocycles. The van der Waals surface area contributed by atoms with Crippen LogP contribution < -0.4 is 24.0 Å². The van der Waals surface area contributed by atoms with Crippen LogP contribution in [0.3, 0.4) is 0 Å². The molecular weight excluding hydrogens is 389 g/mol. The topological polar surface area (TPSA) is 26.3 Å². The van der Waals surface area contributed by atoms with Gasteiger partial charge in [0.05, 0.1) is 25.6 Å². The van der Waals surface area contributed by atoms with Gasteiger partial charge in [-0.15, -0.1) is 0 Å². The lowest BCUT2D eigenvalue weighted by Crippen LogP contribution is -3.00. The fourth-order valence-corrected chi connectivity index (χ4v) is 3.86. The number of hydrogen-bond acceptors (Lipinski definition) is 2. The number of esters is 1. The molecule has 1 heterocycles. The predicted octanol–water partition coefficient (Wildman–Crippen LogP) is 1.02. The average molecular weight is 425 g/mol. The first-order valence-electron chi connectivity index (χ1n) is 8.48. The van der Waals surface area contributed by atoms with Crippen molar-refractivity contribution in [1.29, 1.82) is 0 Å². The lowest BCUT2D eigenvalue weighted by Gasteiger charge is -2.40. The number of carbonyl (C=O) groups excluding carboxylic acids is 1. The molecule has 1 atom stereocenters. The molecule has 0 bridgehead atoms. The van der Waals surface area contributed by atoms with E-state index in [1.807, 2.05) is 20.8 Å². The highest BCUT2D eigenvalue weighted by molar-refractivity contribution is 5.76. The van der Waals surface area contributed by atoms with Gasteiger partial charge in [-0.1, -0.05) is 20.8 Å². The molecule has 0 radical (unpaired) electrons. The molecule has 0 spiro atoms. The van der Waals surface area contributed by atoms with E-state index >= 15 is 0 Å². The third-order valence-electron chi connectivity index (χ3n) is 4.43. The molecule has 1 aliphatic heterocycles. The van der Waals surface area contributed by atoms with E-state index in [0.29, 0.717) is 0 Å². The average Bonchev–Trinajstić information content (AvgIpc) is 2.25. The SMILES string of the molecule is CC(C[N+]1(C)CCCCC1)OC(=O)C(C)(C)CC(C)(C)C.[I-]. The van der Waals surface area contributed by atoms with Crippen molar-refractivity contribution in [2.75, 3.05) is 26.7 Å². The molecular formula is C18H36INO2. The van der Waals surface area contributed by atoms with Gasteiger partial charge in [-0.3, -0.25) is 4.79 Å². The van der Waals surface area contributed by atoms with E-state index in [1.165, 1.54) is 32.4 Å². The minimum Gasteiger partial charge on any atom is -1.00 e. The number of quaternary nitrogens is 1. The molecule has 1 fully saturated rings. The maximum absolute atomic E-state index is 12.5. The number of ether oxygens (including phenoxy) is 1. The van der Waals surface area contributed by atoms with Crippen molar-refractivity contribution in [1.82, 2.24) is 0 Å². The number of likely N-dealkylation sites (N-methyl/N-ethyl adjacent to an activating group) is 1. The smallest absolute Gasteiger partial charge is 0.312 e. The Morgan fingerprint density at radius 1 is 1.09 bits per heavy atom. The highest BCUT2D eigenvalue weighted by atomic mass is 127. The summed E-state index contributed by atoms with van der Waals surface area (Å²) in [5.41, 5.74) is -0.274. The number of hydrogen-bond donors (Lipinski definition) is 0. The Labute approximate surface area is 154 Å². The van der Waals surface area contributed by atoms with Gasteiger partial charge in [0.1, 0.15) is 12.6 Å². The van der Waals surface area contributed by atoms with Gasteiger partial charge in [-0.25, -0.2) is 0 Å². The Kier molecular flexibility index (Phi) is 8.38. The van der Waals surface area contributed by atoms with Crippen LogP contribution in [0.15, 0.2) is 0 Å². The lowest BCUT2D eigenvalue weighted by molar-refractivity contribution is -0.916. The third kappa shape index (κ3) is 7.62. The van der Waals surface area contributed by atoms with Gasteiger partial charge in [0.25, 0.3) is 0 Å². The van der Waals surface area contributed by atoms with Gasteiger partial charge < -0.3 is 33.2 Å². The van der Waals surface area contributed by atoms with Gasteiger partial charge >= 0.3 is 5.97 Å². The Morgan fingerprint density at radius 3 is 2.05 bits per heavy atom. The van der Waals surface area contributed by atoms with Crippen molar-refractivity contribution >= 4 is 5.97 Å². The van der Waals surface area contributed by atoms with E-state index in [0.717, 1.165) is 17.4 Å². The van der Waals surface area contributed by atoms with Crippen LogP contribution in [0.1, 0.15) is 67.2 Å². The molecule has 0 aromatic carbocycles. The molecule has 1 aliphatic rings. The van der Waals surface area contributed by atoms with E-state index in [4.69, 9.17) is 4.74 Å². The normalized spacial score (nSPS) is 20.0. The zero-order valence-corrected chi connectivity index (χ0v) is 17.8. The van der Waals surface area contributed by atoms with E-state index in [-0.39, 0.29) is 41.5 Å². The number of rotatable bonds is 5. The number of piperidine rings is 1. The Morgan fingerprint density at radius 2 is 1.59 bits per heavy atom. The van der Waals surface area contributed by atoms with Gasteiger partial charge in [-0.05, 0) is 51.9 Å². The van der Waals surface area contributed by atoms with Crippen LogP contribution in [0.5, 0.6) is 0 Å². The molecule has 0 saturated carbocycles. The van der Waals surface area contributed by atoms with Crippen LogP contribution >= 0.6 is 0 Å². The van der Waals surface area contributed by atoms with E-state index < -0.39 is 5.41 Å². The number of nitrogens with zero attached hydrogens (tertiary/aromatic N) is 1. The fraction of sp³-hybridized carbons (Fsp3) is 0.944. The predicted molar refractivity (Wildman–Crippen MR) is 88.0 cm³/mol. The lowest BCUT2D eigenvalue weighted by atomic mass is 9.76. The van der Waals surface area contributed by atoms with Crippen molar-refractivity contribution in [3.05, 3.63) is 0 Å². The third-order valence-corrected chi connectivity index (χ3v) is 4.43. The van der Waals surface area contributed by atoms with Crippen LogP contribution in [-0.2, 0) is 9.53 Å². The molecule has 0 aromatic heterocycles. The summed E-state index contributed by atoms with van der Waals surface area (Å²) in [5.74, 6) is -0.0477. The number of likely N-dealkylation sites (tertiary alicyclic amines) is 1. The van der Waals surface area contributed by atoms with E-state index in [1.54, 1.807) is 0 Å². The van der Waals surface area contributed by atoms with Crippen molar-refractivity contribution in [2.45, 2.75) is 73.3 Å².